The van der Waals surface area contributed by atoms with Crippen molar-refractivity contribution >= 4 is 0 Å². The third-order valence-corrected chi connectivity index (χ3v) is 3.71. The normalized spacial score (nSPS) is 15.2. The summed E-state index contributed by atoms with van der Waals surface area (Å²) in [7, 11) is 0. The van der Waals surface area contributed by atoms with Crippen LogP contribution in [0.2, 0.25) is 0 Å². The van der Waals surface area contributed by atoms with E-state index in [0.717, 1.165) is 16.8 Å². The van der Waals surface area contributed by atoms with Crippen molar-refractivity contribution in [3.63, 3.8) is 0 Å². The largest absolute Gasteiger partial charge is 0.748 e. The molecule has 3 aromatic rings. The van der Waals surface area contributed by atoms with Gasteiger partial charge in [0.2, 0.25) is 11.8 Å². The third-order valence-electron chi connectivity index (χ3n) is 3.71. The number of aromatic nitrogens is 2. The summed E-state index contributed by atoms with van der Waals surface area (Å²) in [4.78, 5) is 0. The zero-order chi connectivity index (χ0) is 16.2. The Morgan fingerprint density at radius 2 is 1.83 bits per heavy atom. The smallest absolute Gasteiger partial charge is 0.243 e. The minimum Gasteiger partial charge on any atom is -0.748 e. The summed E-state index contributed by atoms with van der Waals surface area (Å²) in [6, 6.07) is 19.9. The Morgan fingerprint density at radius 1 is 1.25 bits per heavy atom. The van der Waals surface area contributed by atoms with Gasteiger partial charge in [-0.2, -0.15) is 17.4 Å². The van der Waals surface area contributed by atoms with E-state index >= 15 is 0 Å². The van der Waals surface area contributed by atoms with Gasteiger partial charge in [0.25, 0.3) is 0 Å². The summed E-state index contributed by atoms with van der Waals surface area (Å²) in [5.41, 5.74) is 9.00. The van der Waals surface area contributed by atoms with Crippen molar-refractivity contribution in [3.8, 4) is 11.9 Å². The maximum absolute atomic E-state index is 9.29. The van der Waals surface area contributed by atoms with Gasteiger partial charge in [0.05, 0.1) is 5.57 Å². The number of rotatable bonds is 1. The molecule has 128 valence electrons. The third kappa shape index (κ3) is 3.28. The molecule has 3 N–H and O–H groups in total. The number of nitrogens with one attached hydrogen (secondary N) is 1. The number of nitrogens with two attached hydrogens (primary N) is 1. The molecule has 1 aliphatic rings. The minimum absolute atomic E-state index is 0. The number of allylic oxidation sites excluding steroid dienone is 1. The molecule has 5 nitrogen and oxygen atoms in total. The predicted octanol–water partition coefficient (Wildman–Crippen LogP) is 3.06. The molecule has 0 aliphatic carbocycles. The number of fused-ring (bicyclic) bond motifs is 1. The molecule has 0 spiro atoms. The van der Waals surface area contributed by atoms with Crippen LogP contribution in [0.1, 0.15) is 22.7 Å². The van der Waals surface area contributed by atoms with E-state index in [9.17, 15) is 5.26 Å². The summed E-state index contributed by atoms with van der Waals surface area (Å²) < 4.78 is 5.38. The molecule has 6 heteroatoms. The number of aromatic amines is 1. The van der Waals surface area contributed by atoms with Gasteiger partial charge in [0, 0.05) is 34.2 Å². The van der Waals surface area contributed by atoms with Gasteiger partial charge in [0.1, 0.15) is 6.07 Å². The standard InChI is InChI=1S/C13H11N4O.C5H5.Fe/c1-7-10-11(8-4-2-3-5-8)9(6-14)12(15)18-13(10)17-16-7;1-2-4-5-3-1;/h2-5,11H,15H2,1H3,(H,16,17);1-5H;/q-1;-5;. The molecule has 4 rings (SSSR count). The quantitative estimate of drug-likeness (QED) is 0.516. The van der Waals surface area contributed by atoms with E-state index in [1.807, 2.05) is 61.5 Å². The summed E-state index contributed by atoms with van der Waals surface area (Å²) in [5.74, 6) is 0.380. The van der Waals surface area contributed by atoms with Crippen LogP contribution < -0.4 is 10.5 Å². The topological polar surface area (TPSA) is 87.7 Å². The molecule has 2 heterocycles. The van der Waals surface area contributed by atoms with E-state index in [-0.39, 0.29) is 28.9 Å². The Morgan fingerprint density at radius 3 is 2.38 bits per heavy atom. The fourth-order valence-corrected chi connectivity index (χ4v) is 2.63. The first-order chi connectivity index (χ1) is 11.2. The minimum atomic E-state index is -0.201. The van der Waals surface area contributed by atoms with Gasteiger partial charge in [-0.3, -0.25) is 5.10 Å². The molecular weight excluding hydrogens is 344 g/mol. The van der Waals surface area contributed by atoms with Gasteiger partial charge >= 0.3 is 0 Å². The number of hydrogen-bond donors (Lipinski definition) is 2. The van der Waals surface area contributed by atoms with E-state index in [0.29, 0.717) is 11.5 Å². The number of H-pyrrole nitrogens is 1. The van der Waals surface area contributed by atoms with E-state index in [2.05, 4.69) is 16.3 Å². The first-order valence-electron chi connectivity index (χ1n) is 7.23. The Kier molecular flexibility index (Phi) is 5.64. The van der Waals surface area contributed by atoms with Gasteiger partial charge in [0.15, 0.2) is 0 Å². The fourth-order valence-electron chi connectivity index (χ4n) is 2.63. The zero-order valence-corrected chi connectivity index (χ0v) is 14.1. The van der Waals surface area contributed by atoms with Crippen molar-refractivity contribution in [2.75, 3.05) is 0 Å². The van der Waals surface area contributed by atoms with Gasteiger partial charge in [-0.25, -0.2) is 12.1 Å². The molecule has 0 saturated heterocycles. The molecule has 0 bridgehead atoms. The van der Waals surface area contributed by atoms with E-state index in [1.54, 1.807) is 0 Å². The maximum atomic E-state index is 9.29. The van der Waals surface area contributed by atoms with E-state index in [1.165, 1.54) is 0 Å². The summed E-state index contributed by atoms with van der Waals surface area (Å²) in [5, 5.41) is 16.2. The van der Waals surface area contributed by atoms with Crippen molar-refractivity contribution in [1.29, 1.82) is 5.26 Å². The molecule has 1 unspecified atom stereocenters. The molecule has 0 radical (unpaired) electrons. The SMILES string of the molecule is Cc1[nH]nc2c1C([c-]1cccc1)C(C#N)=C(N)O2.[Fe].[cH-]1[cH-][cH-][cH-][cH-]1. The number of nitrogens with zero attached hydrogens (tertiary/aromatic N) is 2. The van der Waals surface area contributed by atoms with E-state index < -0.39 is 0 Å². The Labute approximate surface area is 150 Å². The van der Waals surface area contributed by atoms with Crippen LogP contribution in [0.15, 0.2) is 66.1 Å². The molecule has 1 aromatic heterocycles. The second-order valence-corrected chi connectivity index (χ2v) is 5.17. The van der Waals surface area contributed by atoms with Crippen molar-refractivity contribution in [2.24, 2.45) is 5.73 Å². The Bertz CT molecular complexity index is 821. The molecule has 1 aliphatic heterocycles. The zero-order valence-electron chi connectivity index (χ0n) is 13.0. The first-order valence-corrected chi connectivity index (χ1v) is 7.23. The number of hydrogen-bond acceptors (Lipinski definition) is 4. The average Bonchev–Trinajstić information content (AvgIpc) is 3.31. The summed E-state index contributed by atoms with van der Waals surface area (Å²) >= 11 is 0. The van der Waals surface area contributed by atoms with Gasteiger partial charge < -0.3 is 40.8 Å². The second-order valence-electron chi connectivity index (χ2n) is 5.17. The van der Waals surface area contributed by atoms with Gasteiger partial charge in [-0.05, 0) is 6.92 Å². The molecule has 24 heavy (non-hydrogen) atoms. The van der Waals surface area contributed by atoms with Crippen LogP contribution in [0.5, 0.6) is 5.88 Å². The van der Waals surface area contributed by atoms with Crippen molar-refractivity contribution in [2.45, 2.75) is 12.8 Å². The van der Waals surface area contributed by atoms with Crippen molar-refractivity contribution in [1.82, 2.24) is 10.2 Å². The van der Waals surface area contributed by atoms with E-state index in [4.69, 9.17) is 10.5 Å². The number of nitriles is 1. The molecule has 0 fully saturated rings. The van der Waals surface area contributed by atoms with Crippen LogP contribution in [0.3, 0.4) is 0 Å². The second kappa shape index (κ2) is 7.69. The van der Waals surface area contributed by atoms with Crippen LogP contribution in [0.4, 0.5) is 0 Å². The van der Waals surface area contributed by atoms with Gasteiger partial charge in [-0.15, -0.1) is 10.7 Å². The average molecular weight is 360 g/mol. The van der Waals surface area contributed by atoms with Crippen LogP contribution >= 0.6 is 0 Å². The van der Waals surface area contributed by atoms with Crippen LogP contribution in [-0.2, 0) is 17.1 Å². The number of ether oxygens (including phenoxy) is 1. The molecule has 0 saturated carbocycles. The molecular formula is C18H16FeN4O-6. The van der Waals surface area contributed by atoms with Crippen LogP contribution in [0.25, 0.3) is 0 Å². The molecule has 0 amide bonds. The monoisotopic (exact) mass is 360 g/mol. The summed E-state index contributed by atoms with van der Waals surface area (Å²) in [6.45, 7) is 1.90. The maximum Gasteiger partial charge on any atom is 0.243 e. The Balaban J connectivity index is 0.000000300. The molecule has 2 aromatic carbocycles. The fraction of sp³-hybridized carbons (Fsp3) is 0.111. The predicted molar refractivity (Wildman–Crippen MR) is 86.7 cm³/mol. The van der Waals surface area contributed by atoms with Crippen molar-refractivity contribution < 1.29 is 21.8 Å². The van der Waals surface area contributed by atoms with Gasteiger partial charge in [-0.1, -0.05) is 0 Å². The van der Waals surface area contributed by atoms with Crippen LogP contribution in [0, 0.1) is 18.3 Å². The van der Waals surface area contributed by atoms with Crippen LogP contribution in [-0.4, -0.2) is 10.2 Å². The molecule has 1 atom stereocenters. The number of aryl methyl sites for hydroxylation is 1. The van der Waals surface area contributed by atoms with Crippen molar-refractivity contribution in [3.05, 3.63) is 82.9 Å². The Hall–Kier alpha value is -2.74. The first kappa shape index (κ1) is 17.6. The summed E-state index contributed by atoms with van der Waals surface area (Å²) in [6.07, 6.45) is 0.